The molecular formula is C6H13NO2S. The van der Waals surface area contributed by atoms with Crippen LogP contribution in [0.15, 0.2) is 0 Å². The van der Waals surface area contributed by atoms with Gasteiger partial charge >= 0.3 is 0 Å². The van der Waals surface area contributed by atoms with Crippen LogP contribution in [0.4, 0.5) is 0 Å². The van der Waals surface area contributed by atoms with Gasteiger partial charge in [-0.1, -0.05) is 0 Å². The van der Waals surface area contributed by atoms with Gasteiger partial charge in [-0.05, 0) is 0 Å². The summed E-state index contributed by atoms with van der Waals surface area (Å²) in [5, 5.41) is 0. The highest BCUT2D eigenvalue weighted by molar-refractivity contribution is 7.99. The van der Waals surface area contributed by atoms with Gasteiger partial charge in [-0.15, -0.1) is 0 Å². The van der Waals surface area contributed by atoms with Crippen molar-refractivity contribution in [3.8, 4) is 0 Å². The van der Waals surface area contributed by atoms with Crippen molar-refractivity contribution in [2.45, 2.75) is 6.92 Å². The minimum absolute atomic E-state index is 0. The maximum Gasteiger partial charge on any atom is 0.219 e. The van der Waals surface area contributed by atoms with E-state index in [0.29, 0.717) is 0 Å². The number of nitrogens with zero attached hydrogens (tertiary/aromatic N) is 1. The van der Waals surface area contributed by atoms with Gasteiger partial charge < -0.3 is 10.4 Å². The highest BCUT2D eigenvalue weighted by Gasteiger charge is 2.11. The summed E-state index contributed by atoms with van der Waals surface area (Å²) in [5.74, 6) is 2.44. The Labute approximate surface area is 65.1 Å². The molecule has 0 aliphatic carbocycles. The van der Waals surface area contributed by atoms with E-state index in [1.165, 1.54) is 0 Å². The van der Waals surface area contributed by atoms with Gasteiger partial charge in [0.1, 0.15) is 0 Å². The topological polar surface area (TPSA) is 51.8 Å². The quantitative estimate of drug-likeness (QED) is 0.495. The molecule has 0 aromatic rings. The van der Waals surface area contributed by atoms with E-state index in [1.54, 1.807) is 6.92 Å². The Hall–Kier alpha value is -0.220. The summed E-state index contributed by atoms with van der Waals surface area (Å²) < 4.78 is 0. The molecule has 1 heterocycles. The van der Waals surface area contributed by atoms with Crippen molar-refractivity contribution >= 4 is 17.7 Å². The third-order valence-corrected chi connectivity index (χ3v) is 2.40. The summed E-state index contributed by atoms with van der Waals surface area (Å²) in [6, 6.07) is 0. The summed E-state index contributed by atoms with van der Waals surface area (Å²) in [5.41, 5.74) is 0. The molecule has 2 N–H and O–H groups in total. The zero-order valence-corrected chi connectivity index (χ0v) is 6.91. The van der Waals surface area contributed by atoms with Crippen LogP contribution in [0.2, 0.25) is 0 Å². The zero-order valence-electron chi connectivity index (χ0n) is 6.09. The van der Waals surface area contributed by atoms with Crippen molar-refractivity contribution in [1.29, 1.82) is 0 Å². The van der Waals surface area contributed by atoms with Crippen molar-refractivity contribution < 1.29 is 10.3 Å². The van der Waals surface area contributed by atoms with Crippen molar-refractivity contribution in [3.63, 3.8) is 0 Å². The fourth-order valence-corrected chi connectivity index (χ4v) is 1.78. The first kappa shape index (κ1) is 9.78. The molecule has 0 saturated carbocycles. The summed E-state index contributed by atoms with van der Waals surface area (Å²) in [7, 11) is 0. The van der Waals surface area contributed by atoms with Gasteiger partial charge in [0.15, 0.2) is 0 Å². The fourth-order valence-electron chi connectivity index (χ4n) is 0.878. The predicted molar refractivity (Wildman–Crippen MR) is 43.2 cm³/mol. The monoisotopic (exact) mass is 163 g/mol. The lowest BCUT2D eigenvalue weighted by molar-refractivity contribution is -0.128. The molecule has 0 bridgehead atoms. The van der Waals surface area contributed by atoms with E-state index in [9.17, 15) is 4.79 Å². The Morgan fingerprint density at radius 2 is 1.90 bits per heavy atom. The molecule has 0 atom stereocenters. The van der Waals surface area contributed by atoms with E-state index in [2.05, 4.69) is 0 Å². The number of carbonyl (C=O) groups excluding carboxylic acids is 1. The minimum Gasteiger partial charge on any atom is -0.412 e. The summed E-state index contributed by atoms with van der Waals surface area (Å²) >= 11 is 1.92. The van der Waals surface area contributed by atoms with Crippen molar-refractivity contribution in [2.24, 2.45) is 0 Å². The molecule has 0 aromatic carbocycles. The maximum absolute atomic E-state index is 10.7. The Bertz CT molecular complexity index is 112. The molecule has 0 radical (unpaired) electrons. The smallest absolute Gasteiger partial charge is 0.219 e. The van der Waals surface area contributed by atoms with Crippen molar-refractivity contribution in [2.75, 3.05) is 24.6 Å². The lowest BCUT2D eigenvalue weighted by Gasteiger charge is -2.24. The Balaban J connectivity index is 0.000000810. The number of thioether (sulfide) groups is 1. The van der Waals surface area contributed by atoms with Crippen LogP contribution < -0.4 is 0 Å². The van der Waals surface area contributed by atoms with Crippen LogP contribution >= 0.6 is 11.8 Å². The number of amides is 1. The zero-order chi connectivity index (χ0) is 6.69. The largest absolute Gasteiger partial charge is 0.412 e. The second-order valence-corrected chi connectivity index (χ2v) is 3.34. The molecule has 3 nitrogen and oxygen atoms in total. The van der Waals surface area contributed by atoms with Crippen LogP contribution in [0, 0.1) is 0 Å². The van der Waals surface area contributed by atoms with Crippen molar-refractivity contribution in [3.05, 3.63) is 0 Å². The van der Waals surface area contributed by atoms with Gasteiger partial charge in [0.2, 0.25) is 5.91 Å². The lowest BCUT2D eigenvalue weighted by atomic mass is 10.5. The Kier molecular flexibility index (Phi) is 4.47. The van der Waals surface area contributed by atoms with E-state index < -0.39 is 0 Å². The van der Waals surface area contributed by atoms with Crippen LogP contribution in [0.5, 0.6) is 0 Å². The van der Waals surface area contributed by atoms with E-state index in [0.717, 1.165) is 24.6 Å². The summed E-state index contributed by atoms with van der Waals surface area (Å²) in [4.78, 5) is 12.6. The summed E-state index contributed by atoms with van der Waals surface area (Å²) in [6.07, 6.45) is 0. The molecule has 0 unspecified atom stereocenters. The van der Waals surface area contributed by atoms with Gasteiger partial charge in [0.05, 0.1) is 0 Å². The number of rotatable bonds is 0. The standard InChI is InChI=1S/C6H11NOS.H2O/c1-6(8)7-2-4-9-5-3-7;/h2-5H2,1H3;1H2. The third kappa shape index (κ3) is 2.58. The normalized spacial score (nSPS) is 17.9. The van der Waals surface area contributed by atoms with Gasteiger partial charge in [-0.25, -0.2) is 0 Å². The first-order chi connectivity index (χ1) is 4.30. The molecule has 1 saturated heterocycles. The van der Waals surface area contributed by atoms with Crippen molar-refractivity contribution in [1.82, 2.24) is 4.90 Å². The van der Waals surface area contributed by atoms with E-state index in [1.807, 2.05) is 16.7 Å². The molecule has 1 aliphatic rings. The molecule has 1 rings (SSSR count). The minimum atomic E-state index is 0. The molecule has 10 heavy (non-hydrogen) atoms. The average Bonchev–Trinajstić information content (AvgIpc) is 1.90. The van der Waals surface area contributed by atoms with Gasteiger partial charge in [0.25, 0.3) is 0 Å². The fraction of sp³-hybridized carbons (Fsp3) is 0.833. The SMILES string of the molecule is CC(=O)N1CCSCC1.O. The first-order valence-electron chi connectivity index (χ1n) is 3.14. The molecule has 60 valence electrons. The van der Waals surface area contributed by atoms with Crippen LogP contribution in [0.25, 0.3) is 0 Å². The molecule has 4 heteroatoms. The maximum atomic E-state index is 10.7. The number of hydrogen-bond acceptors (Lipinski definition) is 2. The Morgan fingerprint density at radius 1 is 1.40 bits per heavy atom. The number of hydrogen-bond donors (Lipinski definition) is 0. The molecular weight excluding hydrogens is 150 g/mol. The third-order valence-electron chi connectivity index (χ3n) is 1.46. The lowest BCUT2D eigenvalue weighted by Crippen LogP contribution is -2.36. The first-order valence-corrected chi connectivity index (χ1v) is 4.29. The van der Waals surface area contributed by atoms with Gasteiger partial charge in [-0.3, -0.25) is 4.79 Å². The average molecular weight is 163 g/mol. The molecule has 1 amide bonds. The highest BCUT2D eigenvalue weighted by Crippen LogP contribution is 2.08. The van der Waals surface area contributed by atoms with Gasteiger partial charge in [0, 0.05) is 31.5 Å². The van der Waals surface area contributed by atoms with Crippen LogP contribution in [-0.2, 0) is 4.79 Å². The van der Waals surface area contributed by atoms with Crippen LogP contribution in [-0.4, -0.2) is 40.9 Å². The second-order valence-electron chi connectivity index (χ2n) is 2.12. The predicted octanol–water partition coefficient (Wildman–Crippen LogP) is -0.243. The number of carbonyl (C=O) groups is 1. The van der Waals surface area contributed by atoms with Crippen LogP contribution in [0.1, 0.15) is 6.92 Å². The van der Waals surface area contributed by atoms with Gasteiger partial charge in [-0.2, -0.15) is 11.8 Å². The highest BCUT2D eigenvalue weighted by atomic mass is 32.2. The van der Waals surface area contributed by atoms with E-state index >= 15 is 0 Å². The summed E-state index contributed by atoms with van der Waals surface area (Å²) in [6.45, 7) is 3.52. The van der Waals surface area contributed by atoms with E-state index in [4.69, 9.17) is 0 Å². The van der Waals surface area contributed by atoms with E-state index in [-0.39, 0.29) is 11.4 Å². The van der Waals surface area contributed by atoms with Crippen LogP contribution in [0.3, 0.4) is 0 Å². The molecule has 0 aromatic heterocycles. The molecule has 1 fully saturated rings. The Morgan fingerprint density at radius 3 is 2.20 bits per heavy atom. The molecule has 0 spiro atoms. The second kappa shape index (κ2) is 4.57. The molecule has 1 aliphatic heterocycles.